The number of nitro benzene ring substituents is 1. The molecule has 1 aliphatic heterocycles. The van der Waals surface area contributed by atoms with E-state index in [-0.39, 0.29) is 33.8 Å². The molecule has 1 amide bonds. The smallest absolute Gasteiger partial charge is 0.283 e. The summed E-state index contributed by atoms with van der Waals surface area (Å²) in [6.07, 6.45) is 1.59. The van der Waals surface area contributed by atoms with Crippen LogP contribution in [0.15, 0.2) is 47.4 Å². The van der Waals surface area contributed by atoms with E-state index in [1.807, 2.05) is 0 Å². The van der Waals surface area contributed by atoms with Crippen molar-refractivity contribution in [2.45, 2.75) is 23.8 Å². The Labute approximate surface area is 172 Å². The summed E-state index contributed by atoms with van der Waals surface area (Å²) in [6, 6.07) is 9.20. The van der Waals surface area contributed by atoms with Gasteiger partial charge >= 0.3 is 0 Å². The third kappa shape index (κ3) is 5.30. The number of carbonyl (C=O) groups is 1. The normalized spacial score (nSPS) is 16.5. The second kappa shape index (κ2) is 8.87. The fraction of sp³-hybridized carbons (Fsp3) is 0.278. The number of sulfonamides is 1. The van der Waals surface area contributed by atoms with Crippen LogP contribution in [-0.4, -0.2) is 38.5 Å². The van der Waals surface area contributed by atoms with Crippen molar-refractivity contribution in [1.29, 1.82) is 0 Å². The zero-order chi connectivity index (χ0) is 21.0. The first-order chi connectivity index (χ1) is 13.8. The number of rotatable bonds is 7. The lowest BCUT2D eigenvalue weighted by Crippen LogP contribution is -2.31. The highest BCUT2D eigenvalue weighted by Gasteiger charge is 2.22. The first-order valence-electron chi connectivity index (χ1n) is 8.73. The molecule has 1 heterocycles. The van der Waals surface area contributed by atoms with E-state index in [1.54, 1.807) is 0 Å². The Balaban J connectivity index is 1.69. The highest BCUT2D eigenvalue weighted by molar-refractivity contribution is 7.89. The quantitative estimate of drug-likeness (QED) is 0.504. The van der Waals surface area contributed by atoms with Crippen LogP contribution >= 0.6 is 11.6 Å². The van der Waals surface area contributed by atoms with Crippen LogP contribution < -0.4 is 10.0 Å². The highest BCUT2D eigenvalue weighted by atomic mass is 35.5. The van der Waals surface area contributed by atoms with Gasteiger partial charge in [0.1, 0.15) is 5.56 Å². The molecule has 0 radical (unpaired) electrons. The molecule has 0 spiro atoms. The predicted molar refractivity (Wildman–Crippen MR) is 107 cm³/mol. The van der Waals surface area contributed by atoms with Gasteiger partial charge < -0.3 is 10.1 Å². The standard InChI is InChI=1S/C18H18ClN3O6S/c19-12-3-8-16(17(10-12)22(24)25)18(23)21-13-4-6-15(7-5-13)29(26,27)20-11-14-2-1-9-28-14/h3-8,10,14,20H,1-2,9,11H2,(H,21,23)/t14-/m1/s1. The first-order valence-corrected chi connectivity index (χ1v) is 10.6. The fourth-order valence-electron chi connectivity index (χ4n) is 2.86. The van der Waals surface area contributed by atoms with E-state index < -0.39 is 26.5 Å². The number of anilines is 1. The molecule has 11 heteroatoms. The Morgan fingerprint density at radius 1 is 1.24 bits per heavy atom. The third-order valence-corrected chi connectivity index (χ3v) is 6.02. The molecule has 1 aliphatic rings. The maximum Gasteiger partial charge on any atom is 0.283 e. The monoisotopic (exact) mass is 439 g/mol. The van der Waals surface area contributed by atoms with E-state index in [0.717, 1.165) is 18.9 Å². The summed E-state index contributed by atoms with van der Waals surface area (Å²) in [5, 5.41) is 13.8. The zero-order valence-corrected chi connectivity index (χ0v) is 16.7. The number of nitro groups is 1. The molecule has 2 aromatic rings. The molecule has 154 valence electrons. The molecule has 0 aromatic heterocycles. The molecule has 1 fully saturated rings. The van der Waals surface area contributed by atoms with E-state index >= 15 is 0 Å². The van der Waals surface area contributed by atoms with Gasteiger partial charge in [0.05, 0.1) is 15.9 Å². The van der Waals surface area contributed by atoms with Gasteiger partial charge in [0.2, 0.25) is 10.0 Å². The van der Waals surface area contributed by atoms with Crippen molar-refractivity contribution in [3.05, 3.63) is 63.2 Å². The Bertz CT molecular complexity index is 1020. The van der Waals surface area contributed by atoms with E-state index in [4.69, 9.17) is 16.3 Å². The SMILES string of the molecule is O=C(Nc1ccc(S(=O)(=O)NC[C@H]2CCCO2)cc1)c1ccc(Cl)cc1[N+](=O)[O-]. The molecule has 0 aliphatic carbocycles. The van der Waals surface area contributed by atoms with Crippen molar-refractivity contribution >= 4 is 38.9 Å². The van der Waals surface area contributed by atoms with Gasteiger partial charge in [0, 0.05) is 29.9 Å². The molecular formula is C18H18ClN3O6S. The van der Waals surface area contributed by atoms with Crippen LogP contribution in [0.1, 0.15) is 23.2 Å². The first kappa shape index (κ1) is 21.2. The molecule has 1 atom stereocenters. The van der Waals surface area contributed by atoms with Gasteiger partial charge in [0.25, 0.3) is 11.6 Å². The maximum atomic E-state index is 12.4. The number of hydrogen-bond donors (Lipinski definition) is 2. The van der Waals surface area contributed by atoms with E-state index in [1.165, 1.54) is 36.4 Å². The van der Waals surface area contributed by atoms with Gasteiger partial charge in [0.15, 0.2) is 0 Å². The summed E-state index contributed by atoms with van der Waals surface area (Å²) in [6.45, 7) is 0.827. The minimum atomic E-state index is -3.71. The van der Waals surface area contributed by atoms with E-state index in [9.17, 15) is 23.3 Å². The lowest BCUT2D eigenvalue weighted by atomic mass is 10.1. The van der Waals surface area contributed by atoms with Crippen LogP contribution in [0.2, 0.25) is 5.02 Å². The molecule has 0 saturated carbocycles. The van der Waals surface area contributed by atoms with Crippen LogP contribution in [0, 0.1) is 10.1 Å². The molecule has 2 aromatic carbocycles. The number of ether oxygens (including phenoxy) is 1. The van der Waals surface area contributed by atoms with Crippen molar-refractivity contribution in [2.24, 2.45) is 0 Å². The summed E-state index contributed by atoms with van der Waals surface area (Å²) in [5.74, 6) is -0.708. The Morgan fingerprint density at radius 2 is 1.97 bits per heavy atom. The third-order valence-electron chi connectivity index (χ3n) is 4.35. The Kier molecular flexibility index (Phi) is 6.48. The van der Waals surface area contributed by atoms with Crippen molar-refractivity contribution in [1.82, 2.24) is 4.72 Å². The largest absolute Gasteiger partial charge is 0.377 e. The van der Waals surface area contributed by atoms with Gasteiger partial charge in [-0.3, -0.25) is 14.9 Å². The molecule has 9 nitrogen and oxygen atoms in total. The van der Waals surface area contributed by atoms with E-state index in [0.29, 0.717) is 6.61 Å². The maximum absolute atomic E-state index is 12.4. The summed E-state index contributed by atoms with van der Waals surface area (Å²) < 4.78 is 32.6. The van der Waals surface area contributed by atoms with Crippen LogP contribution in [0.5, 0.6) is 0 Å². The highest BCUT2D eigenvalue weighted by Crippen LogP contribution is 2.24. The minimum Gasteiger partial charge on any atom is -0.377 e. The summed E-state index contributed by atoms with van der Waals surface area (Å²) in [7, 11) is -3.71. The van der Waals surface area contributed by atoms with E-state index in [2.05, 4.69) is 10.0 Å². The lowest BCUT2D eigenvalue weighted by Gasteiger charge is -2.12. The second-order valence-electron chi connectivity index (χ2n) is 6.38. The average molecular weight is 440 g/mol. The molecule has 29 heavy (non-hydrogen) atoms. The van der Waals surface area contributed by atoms with Crippen LogP contribution in [0.4, 0.5) is 11.4 Å². The minimum absolute atomic E-state index is 0.0333. The molecule has 0 bridgehead atoms. The fourth-order valence-corrected chi connectivity index (χ4v) is 4.09. The van der Waals surface area contributed by atoms with Crippen molar-refractivity contribution in [3.8, 4) is 0 Å². The predicted octanol–water partition coefficient (Wildman–Crippen LogP) is 2.96. The number of halogens is 1. The number of nitrogens with one attached hydrogen (secondary N) is 2. The zero-order valence-electron chi connectivity index (χ0n) is 15.1. The van der Waals surface area contributed by atoms with Crippen molar-refractivity contribution in [3.63, 3.8) is 0 Å². The van der Waals surface area contributed by atoms with Crippen LogP contribution in [0.3, 0.4) is 0 Å². The van der Waals surface area contributed by atoms with Crippen molar-refractivity contribution < 1.29 is 22.9 Å². The number of nitrogens with zero attached hydrogens (tertiary/aromatic N) is 1. The van der Waals surface area contributed by atoms with Gasteiger partial charge in [-0.2, -0.15) is 0 Å². The Morgan fingerprint density at radius 3 is 2.59 bits per heavy atom. The molecule has 3 rings (SSSR count). The average Bonchev–Trinajstić information content (AvgIpc) is 3.20. The molecule has 1 saturated heterocycles. The lowest BCUT2D eigenvalue weighted by molar-refractivity contribution is -0.385. The number of hydrogen-bond acceptors (Lipinski definition) is 6. The molecular weight excluding hydrogens is 422 g/mol. The molecule has 2 N–H and O–H groups in total. The second-order valence-corrected chi connectivity index (χ2v) is 8.59. The topological polar surface area (TPSA) is 128 Å². The van der Waals surface area contributed by atoms with Gasteiger partial charge in [-0.25, -0.2) is 13.1 Å². The van der Waals surface area contributed by atoms with Gasteiger partial charge in [-0.05, 0) is 49.2 Å². The summed E-state index contributed by atoms with van der Waals surface area (Å²) in [5.41, 5.74) is -0.292. The number of benzene rings is 2. The number of amides is 1. The summed E-state index contributed by atoms with van der Waals surface area (Å²) in [4.78, 5) is 22.8. The summed E-state index contributed by atoms with van der Waals surface area (Å²) >= 11 is 5.75. The molecule has 0 unspecified atom stereocenters. The van der Waals surface area contributed by atoms with Gasteiger partial charge in [-0.1, -0.05) is 11.6 Å². The van der Waals surface area contributed by atoms with Crippen LogP contribution in [-0.2, 0) is 14.8 Å². The number of carbonyl (C=O) groups excluding carboxylic acids is 1. The van der Waals surface area contributed by atoms with Gasteiger partial charge in [-0.15, -0.1) is 0 Å². The van der Waals surface area contributed by atoms with Crippen molar-refractivity contribution in [2.75, 3.05) is 18.5 Å². The van der Waals surface area contributed by atoms with Crippen LogP contribution in [0.25, 0.3) is 0 Å². The Hall–Kier alpha value is -2.53.